The molecule has 186 valence electrons. The number of aryl methyl sites for hydroxylation is 1. The number of fused-ring (bicyclic) bond motifs is 1. The molecule has 0 bridgehead atoms. The quantitative estimate of drug-likeness (QED) is 0.423. The van der Waals surface area contributed by atoms with Crippen LogP contribution in [-0.4, -0.2) is 34.6 Å². The highest BCUT2D eigenvalue weighted by Crippen LogP contribution is 2.23. The van der Waals surface area contributed by atoms with Gasteiger partial charge in [0.25, 0.3) is 5.56 Å². The molecule has 0 unspecified atom stereocenters. The van der Waals surface area contributed by atoms with E-state index in [4.69, 9.17) is 9.40 Å². The number of para-hydroxylation sites is 2. The molecule has 1 amide bonds. The lowest BCUT2D eigenvalue weighted by atomic mass is 9.95. The molecule has 4 aromatic rings. The predicted molar refractivity (Wildman–Crippen MR) is 141 cm³/mol. The van der Waals surface area contributed by atoms with Crippen molar-refractivity contribution in [3.8, 4) is 0 Å². The molecule has 0 spiro atoms. The predicted octanol–water partition coefficient (Wildman–Crippen LogP) is 4.31. The summed E-state index contributed by atoms with van der Waals surface area (Å²) in [6.07, 6.45) is 3.69. The van der Waals surface area contributed by atoms with Crippen LogP contribution in [0.15, 0.2) is 76.1 Å². The molecule has 1 aliphatic heterocycles. The van der Waals surface area contributed by atoms with Crippen LogP contribution in [-0.2, 0) is 17.8 Å². The van der Waals surface area contributed by atoms with Gasteiger partial charge in [-0.2, -0.15) is 0 Å². The zero-order valence-corrected chi connectivity index (χ0v) is 20.8. The number of carbonyl (C=O) groups excluding carboxylic acids is 1. The first-order valence-electron chi connectivity index (χ1n) is 12.6. The first-order valence-corrected chi connectivity index (χ1v) is 12.6. The molecule has 3 heterocycles. The Morgan fingerprint density at radius 2 is 1.83 bits per heavy atom. The average Bonchev–Trinajstić information content (AvgIpc) is 3.39. The van der Waals surface area contributed by atoms with Gasteiger partial charge in [-0.05, 0) is 56.5 Å². The number of hydrogen-bond donors (Lipinski definition) is 1. The molecule has 1 fully saturated rings. The van der Waals surface area contributed by atoms with Gasteiger partial charge in [-0.15, -0.1) is 0 Å². The molecule has 7 nitrogen and oxygen atoms in total. The van der Waals surface area contributed by atoms with Crippen LogP contribution in [0.4, 0.5) is 5.82 Å². The second-order valence-electron chi connectivity index (χ2n) is 9.76. The Balaban J connectivity index is 1.31. The van der Waals surface area contributed by atoms with Gasteiger partial charge in [0, 0.05) is 31.5 Å². The van der Waals surface area contributed by atoms with Crippen LogP contribution >= 0.6 is 0 Å². The molecule has 5 rings (SSSR count). The van der Waals surface area contributed by atoms with Gasteiger partial charge in [-0.25, -0.2) is 4.98 Å². The van der Waals surface area contributed by atoms with Gasteiger partial charge in [0.1, 0.15) is 5.76 Å². The second kappa shape index (κ2) is 10.4. The van der Waals surface area contributed by atoms with Crippen LogP contribution in [0.1, 0.15) is 36.7 Å². The Hall–Kier alpha value is -3.87. The highest BCUT2D eigenvalue weighted by Gasteiger charge is 2.28. The molecule has 1 atom stereocenters. The molecule has 1 saturated heterocycles. The summed E-state index contributed by atoms with van der Waals surface area (Å²) in [6, 6.07) is 19.8. The number of carbonyl (C=O) groups is 1. The normalized spacial score (nSPS) is 15.2. The van der Waals surface area contributed by atoms with Crippen molar-refractivity contribution in [1.82, 2.24) is 14.9 Å². The summed E-state index contributed by atoms with van der Waals surface area (Å²) in [6.45, 7) is 5.78. The van der Waals surface area contributed by atoms with Gasteiger partial charge < -0.3 is 14.6 Å². The summed E-state index contributed by atoms with van der Waals surface area (Å²) >= 11 is 0. The molecule has 0 saturated carbocycles. The SMILES string of the molecule is Cc1ccc(Cn2c(=O)c(N3CCC(C(=O)N[C@H](C)Cc4ccco4)CC3)nc3ccccc32)cc1. The largest absolute Gasteiger partial charge is 0.469 e. The number of amides is 1. The maximum atomic E-state index is 13.6. The Kier molecular flexibility index (Phi) is 6.89. The summed E-state index contributed by atoms with van der Waals surface area (Å²) in [5, 5.41) is 3.12. The molecule has 36 heavy (non-hydrogen) atoms. The number of hydrogen-bond acceptors (Lipinski definition) is 5. The summed E-state index contributed by atoms with van der Waals surface area (Å²) in [5.74, 6) is 1.32. The lowest BCUT2D eigenvalue weighted by Crippen LogP contribution is -2.45. The number of furan rings is 1. The van der Waals surface area contributed by atoms with Crippen LogP contribution in [0.5, 0.6) is 0 Å². The summed E-state index contributed by atoms with van der Waals surface area (Å²) in [7, 11) is 0. The van der Waals surface area contributed by atoms with E-state index in [-0.39, 0.29) is 23.4 Å². The minimum absolute atomic E-state index is 0.00203. The van der Waals surface area contributed by atoms with Gasteiger partial charge >= 0.3 is 0 Å². The van der Waals surface area contributed by atoms with E-state index in [1.807, 2.05) is 52.8 Å². The molecule has 7 heteroatoms. The van der Waals surface area contributed by atoms with Crippen molar-refractivity contribution in [2.24, 2.45) is 5.92 Å². The lowest BCUT2D eigenvalue weighted by Gasteiger charge is -2.32. The van der Waals surface area contributed by atoms with Crippen LogP contribution in [0.3, 0.4) is 0 Å². The van der Waals surface area contributed by atoms with Crippen LogP contribution < -0.4 is 15.8 Å². The van der Waals surface area contributed by atoms with Crippen LogP contribution in [0.2, 0.25) is 0 Å². The molecular formula is C29H32N4O3. The maximum absolute atomic E-state index is 13.6. The fourth-order valence-electron chi connectivity index (χ4n) is 4.91. The van der Waals surface area contributed by atoms with E-state index in [9.17, 15) is 9.59 Å². The number of benzene rings is 2. The van der Waals surface area contributed by atoms with E-state index in [2.05, 4.69) is 36.5 Å². The number of nitrogens with one attached hydrogen (secondary N) is 1. The van der Waals surface area contributed by atoms with E-state index < -0.39 is 0 Å². The third kappa shape index (κ3) is 5.20. The number of nitrogens with zero attached hydrogens (tertiary/aromatic N) is 3. The van der Waals surface area contributed by atoms with Crippen molar-refractivity contribution in [1.29, 1.82) is 0 Å². The first-order chi connectivity index (χ1) is 17.5. The smallest absolute Gasteiger partial charge is 0.294 e. The molecule has 1 aliphatic rings. The van der Waals surface area contributed by atoms with Crippen LogP contribution in [0.25, 0.3) is 11.0 Å². The van der Waals surface area contributed by atoms with E-state index in [0.717, 1.165) is 22.4 Å². The zero-order chi connectivity index (χ0) is 25.1. The zero-order valence-electron chi connectivity index (χ0n) is 20.8. The molecule has 2 aromatic heterocycles. The van der Waals surface area contributed by atoms with Crippen LogP contribution in [0, 0.1) is 12.8 Å². The highest BCUT2D eigenvalue weighted by molar-refractivity contribution is 5.79. The van der Waals surface area contributed by atoms with Crippen molar-refractivity contribution in [2.75, 3.05) is 18.0 Å². The summed E-state index contributed by atoms with van der Waals surface area (Å²) in [5.41, 5.74) is 3.79. The van der Waals surface area contributed by atoms with E-state index in [1.165, 1.54) is 5.56 Å². The van der Waals surface area contributed by atoms with Gasteiger partial charge in [-0.1, -0.05) is 42.0 Å². The fourth-order valence-corrected chi connectivity index (χ4v) is 4.91. The number of anilines is 1. The Labute approximate surface area is 210 Å². The summed E-state index contributed by atoms with van der Waals surface area (Å²) < 4.78 is 7.21. The monoisotopic (exact) mass is 484 g/mol. The number of aromatic nitrogens is 2. The molecule has 0 radical (unpaired) electrons. The van der Waals surface area contributed by atoms with Gasteiger partial charge in [0.2, 0.25) is 5.91 Å². The van der Waals surface area contributed by atoms with Gasteiger partial charge in [0.15, 0.2) is 5.82 Å². The Morgan fingerprint density at radius 3 is 2.56 bits per heavy atom. The molecular weight excluding hydrogens is 452 g/mol. The molecule has 0 aliphatic carbocycles. The van der Waals surface area contributed by atoms with Gasteiger partial charge in [0.05, 0.1) is 23.8 Å². The molecule has 1 N–H and O–H groups in total. The third-order valence-electron chi connectivity index (χ3n) is 6.94. The Morgan fingerprint density at radius 1 is 1.08 bits per heavy atom. The van der Waals surface area contributed by atoms with Crippen molar-refractivity contribution in [3.05, 3.63) is 94.2 Å². The topological polar surface area (TPSA) is 80.4 Å². The summed E-state index contributed by atoms with van der Waals surface area (Å²) in [4.78, 5) is 33.3. The van der Waals surface area contributed by atoms with E-state index in [1.54, 1.807) is 6.26 Å². The minimum atomic E-state index is -0.0933. The molecule has 2 aromatic carbocycles. The first kappa shape index (κ1) is 23.9. The van der Waals surface area contributed by atoms with Crippen molar-refractivity contribution >= 4 is 22.8 Å². The van der Waals surface area contributed by atoms with Crippen molar-refractivity contribution in [2.45, 2.75) is 45.7 Å². The Bertz CT molecular complexity index is 1380. The fraction of sp³-hybridized carbons (Fsp3) is 0.345. The van der Waals surface area contributed by atoms with E-state index >= 15 is 0 Å². The highest BCUT2D eigenvalue weighted by atomic mass is 16.3. The number of piperidine rings is 1. The maximum Gasteiger partial charge on any atom is 0.294 e. The third-order valence-corrected chi connectivity index (χ3v) is 6.94. The van der Waals surface area contributed by atoms with Gasteiger partial charge in [-0.3, -0.25) is 14.2 Å². The number of rotatable bonds is 7. The van der Waals surface area contributed by atoms with E-state index in [0.29, 0.717) is 44.7 Å². The minimum Gasteiger partial charge on any atom is -0.469 e. The lowest BCUT2D eigenvalue weighted by molar-refractivity contribution is -0.126. The van der Waals surface area contributed by atoms with Crippen molar-refractivity contribution < 1.29 is 9.21 Å². The van der Waals surface area contributed by atoms with Crippen molar-refractivity contribution in [3.63, 3.8) is 0 Å². The standard InChI is InChI=1S/C29H32N4O3/c1-20-9-11-22(12-10-20)19-33-26-8-4-3-7-25(26)31-27(29(33)35)32-15-13-23(14-16-32)28(34)30-21(2)18-24-6-5-17-36-24/h3-12,17,21,23H,13-16,18-19H2,1-2H3,(H,30,34)/t21-/m1/s1. The second-order valence-corrected chi connectivity index (χ2v) is 9.76. The average molecular weight is 485 g/mol.